The van der Waals surface area contributed by atoms with Crippen molar-refractivity contribution in [1.82, 2.24) is 0 Å². The highest BCUT2D eigenvalue weighted by atomic mass is 16.6. The van der Waals surface area contributed by atoms with Crippen LogP contribution < -0.4 is 10.2 Å². The van der Waals surface area contributed by atoms with E-state index in [1.165, 1.54) is 11.1 Å². The highest BCUT2D eigenvalue weighted by molar-refractivity contribution is 5.33. The number of rotatable bonds is 6. The second-order valence-corrected chi connectivity index (χ2v) is 11.0. The summed E-state index contributed by atoms with van der Waals surface area (Å²) >= 11 is 0. The van der Waals surface area contributed by atoms with Gasteiger partial charge in [0.2, 0.25) is 0 Å². The Labute approximate surface area is 193 Å². The molecule has 4 nitrogen and oxygen atoms in total. The first-order chi connectivity index (χ1) is 15.0. The van der Waals surface area contributed by atoms with Gasteiger partial charge in [-0.25, -0.2) is 0 Å². The Hall–Kier alpha value is -1.81. The number of hydrogen-bond acceptors (Lipinski definition) is 4. The van der Waals surface area contributed by atoms with Gasteiger partial charge in [-0.15, -0.1) is 0 Å². The Morgan fingerprint density at radius 2 is 1.97 bits per heavy atom. The van der Waals surface area contributed by atoms with Gasteiger partial charge in [-0.2, -0.15) is 0 Å². The maximum atomic E-state index is 13.2. The molecule has 0 aromatic carbocycles. The van der Waals surface area contributed by atoms with E-state index in [0.29, 0.717) is 35.2 Å². The summed E-state index contributed by atoms with van der Waals surface area (Å²) in [5.41, 5.74) is 3.67. The summed E-state index contributed by atoms with van der Waals surface area (Å²) in [6.45, 7) is 17.0. The van der Waals surface area contributed by atoms with Crippen LogP contribution in [0.25, 0.3) is 0 Å². The fraction of sp³-hybridized carbons (Fsp3) is 0.679. The summed E-state index contributed by atoms with van der Waals surface area (Å²) in [5.74, 6) is 1.48. The van der Waals surface area contributed by atoms with Gasteiger partial charge in [0.05, 0.1) is 18.8 Å². The molecule has 2 aliphatic rings. The van der Waals surface area contributed by atoms with E-state index >= 15 is 0 Å². The fourth-order valence-corrected chi connectivity index (χ4v) is 6.68. The molecule has 4 heteroatoms. The molecule has 1 heterocycles. The van der Waals surface area contributed by atoms with Crippen molar-refractivity contribution < 1.29 is 14.3 Å². The molecular formula is C28H42O4. The van der Waals surface area contributed by atoms with Crippen molar-refractivity contribution in [2.24, 2.45) is 22.7 Å². The van der Waals surface area contributed by atoms with Gasteiger partial charge in [0, 0.05) is 5.56 Å². The average Bonchev–Trinajstić information content (AvgIpc) is 2.73. The van der Waals surface area contributed by atoms with Gasteiger partial charge in [-0.3, -0.25) is 4.79 Å². The van der Waals surface area contributed by atoms with Crippen molar-refractivity contribution in [2.75, 3.05) is 7.11 Å². The predicted octanol–water partition coefficient (Wildman–Crippen LogP) is 6.30. The van der Waals surface area contributed by atoms with E-state index in [1.54, 1.807) is 14.0 Å². The molecule has 5 atom stereocenters. The molecule has 3 rings (SSSR count). The van der Waals surface area contributed by atoms with E-state index in [0.717, 1.165) is 38.5 Å². The van der Waals surface area contributed by atoms with E-state index in [-0.39, 0.29) is 28.3 Å². The van der Waals surface area contributed by atoms with Crippen LogP contribution in [0.1, 0.15) is 83.1 Å². The van der Waals surface area contributed by atoms with Crippen molar-refractivity contribution in [1.29, 1.82) is 0 Å². The lowest BCUT2D eigenvalue weighted by atomic mass is 9.45. The van der Waals surface area contributed by atoms with E-state index in [4.69, 9.17) is 9.15 Å². The molecule has 0 amide bonds. The number of allylic oxidation sites excluding steroid dienone is 3. The summed E-state index contributed by atoms with van der Waals surface area (Å²) in [6, 6.07) is 0. The maximum absolute atomic E-state index is 13.2. The Kier molecular flexibility index (Phi) is 7.14. The molecule has 0 unspecified atom stereocenters. The number of hydrogen-bond donors (Lipinski definition) is 1. The van der Waals surface area contributed by atoms with Crippen molar-refractivity contribution in [3.63, 3.8) is 0 Å². The van der Waals surface area contributed by atoms with Gasteiger partial charge >= 0.3 is 0 Å². The van der Waals surface area contributed by atoms with E-state index in [2.05, 4.69) is 40.3 Å². The summed E-state index contributed by atoms with van der Waals surface area (Å²) in [7, 11) is 1.56. The lowest BCUT2D eigenvalue weighted by Crippen LogP contribution is -2.56. The Morgan fingerprint density at radius 1 is 1.28 bits per heavy atom. The molecule has 1 N–H and O–H groups in total. The fourth-order valence-electron chi connectivity index (χ4n) is 6.68. The first-order valence-corrected chi connectivity index (χ1v) is 12.1. The van der Waals surface area contributed by atoms with Crippen LogP contribution >= 0.6 is 0 Å². The third-order valence-electron chi connectivity index (χ3n) is 8.82. The Bertz CT molecular complexity index is 951. The molecule has 2 saturated carbocycles. The zero-order valence-corrected chi connectivity index (χ0v) is 21.1. The lowest BCUT2D eigenvalue weighted by Gasteiger charge is -2.60. The van der Waals surface area contributed by atoms with Crippen LogP contribution in [0.3, 0.4) is 0 Å². The smallest absolute Gasteiger partial charge is 0.291 e. The van der Waals surface area contributed by atoms with Crippen LogP contribution in [-0.4, -0.2) is 18.3 Å². The third-order valence-corrected chi connectivity index (χ3v) is 8.82. The van der Waals surface area contributed by atoms with Crippen LogP contribution in [0, 0.1) is 36.5 Å². The van der Waals surface area contributed by atoms with Gasteiger partial charge in [-0.05, 0) is 95.3 Å². The zero-order valence-electron chi connectivity index (χ0n) is 21.1. The SMILES string of the molecule is C=C1CC[C@@H]2[C@](C)(CC[C@H](O)[C@@]2(C)CCC=C(C)C)[C@@H]1Cc1c(OC)oc(C)c(C)c1=O. The summed E-state index contributed by atoms with van der Waals surface area (Å²) < 4.78 is 11.3. The van der Waals surface area contributed by atoms with E-state index in [9.17, 15) is 9.90 Å². The van der Waals surface area contributed by atoms with Gasteiger partial charge in [-0.1, -0.05) is 37.6 Å². The summed E-state index contributed by atoms with van der Waals surface area (Å²) in [6.07, 6.45) is 8.27. The van der Waals surface area contributed by atoms with Gasteiger partial charge in [0.15, 0.2) is 5.43 Å². The normalized spacial score (nSPS) is 32.4. The molecule has 0 saturated heterocycles. The second kappa shape index (κ2) is 9.21. The van der Waals surface area contributed by atoms with Crippen LogP contribution in [0.2, 0.25) is 0 Å². The molecule has 1 aromatic rings. The number of fused-ring (bicyclic) bond motifs is 1. The minimum absolute atomic E-state index is 0.0197. The first-order valence-electron chi connectivity index (χ1n) is 12.1. The minimum Gasteiger partial charge on any atom is -0.468 e. The van der Waals surface area contributed by atoms with Gasteiger partial charge in [0.1, 0.15) is 5.76 Å². The molecule has 0 radical (unpaired) electrons. The van der Waals surface area contributed by atoms with Gasteiger partial charge in [0.25, 0.3) is 5.95 Å². The third kappa shape index (κ3) is 4.23. The van der Waals surface area contributed by atoms with E-state index < -0.39 is 0 Å². The summed E-state index contributed by atoms with van der Waals surface area (Å²) in [5, 5.41) is 11.2. The summed E-state index contributed by atoms with van der Waals surface area (Å²) in [4.78, 5) is 13.2. The Morgan fingerprint density at radius 3 is 2.59 bits per heavy atom. The first kappa shape index (κ1) is 24.8. The highest BCUT2D eigenvalue weighted by Gasteiger charge is 2.57. The largest absolute Gasteiger partial charge is 0.468 e. The number of ether oxygens (including phenoxy) is 1. The molecule has 2 fully saturated rings. The van der Waals surface area contributed by atoms with E-state index in [1.807, 2.05) is 6.92 Å². The molecule has 0 spiro atoms. The number of aliphatic hydroxyl groups is 1. The molecule has 178 valence electrons. The average molecular weight is 443 g/mol. The zero-order chi connectivity index (χ0) is 23.8. The number of aliphatic hydroxyl groups excluding tert-OH is 1. The monoisotopic (exact) mass is 442 g/mol. The Balaban J connectivity index is 2.00. The van der Waals surface area contributed by atoms with Gasteiger partial charge < -0.3 is 14.3 Å². The van der Waals surface area contributed by atoms with Crippen molar-refractivity contribution in [2.45, 2.75) is 92.6 Å². The predicted molar refractivity (Wildman–Crippen MR) is 130 cm³/mol. The molecule has 2 aliphatic carbocycles. The van der Waals surface area contributed by atoms with Crippen molar-refractivity contribution >= 4 is 0 Å². The lowest BCUT2D eigenvalue weighted by molar-refractivity contribution is -0.136. The van der Waals surface area contributed by atoms with Crippen LogP contribution in [0.4, 0.5) is 0 Å². The highest BCUT2D eigenvalue weighted by Crippen LogP contribution is 2.62. The second-order valence-electron chi connectivity index (χ2n) is 11.0. The standard InChI is InChI=1S/C28H42O4/c1-17(2)10-9-14-28(7)23-12-11-18(3)22(27(23,6)15-13-24(28)29)16-21-25(30)19(4)20(5)32-26(21)31-8/h10,22-24,29H,3,9,11-16H2,1-2,4-8H3/t22-,23-,24+,27-,28+/m1/s1. The quantitative estimate of drug-likeness (QED) is 0.525. The maximum Gasteiger partial charge on any atom is 0.291 e. The molecule has 1 aromatic heterocycles. The van der Waals surface area contributed by atoms with Crippen molar-refractivity contribution in [3.05, 3.63) is 50.9 Å². The van der Waals surface area contributed by atoms with Crippen LogP contribution in [-0.2, 0) is 6.42 Å². The molecule has 0 bridgehead atoms. The molecule has 0 aliphatic heterocycles. The molecular weight excluding hydrogens is 400 g/mol. The topological polar surface area (TPSA) is 59.7 Å². The van der Waals surface area contributed by atoms with Crippen molar-refractivity contribution in [3.8, 4) is 5.95 Å². The van der Waals surface area contributed by atoms with Crippen LogP contribution in [0.15, 0.2) is 33.0 Å². The van der Waals surface area contributed by atoms with Crippen LogP contribution in [0.5, 0.6) is 5.95 Å². The minimum atomic E-state index is -0.292. The number of methoxy groups -OCH3 is 1. The number of aryl methyl sites for hydroxylation is 1. The molecule has 32 heavy (non-hydrogen) atoms.